The molecule has 0 unspecified atom stereocenters. The summed E-state index contributed by atoms with van der Waals surface area (Å²) >= 11 is 0. The highest BCUT2D eigenvalue weighted by atomic mass is 16.5. The zero-order chi connectivity index (χ0) is 19.0. The molecule has 4 rings (SSSR count). The highest BCUT2D eigenvalue weighted by Gasteiger charge is 2.54. The van der Waals surface area contributed by atoms with Crippen LogP contribution >= 0.6 is 0 Å². The predicted molar refractivity (Wildman–Crippen MR) is 102 cm³/mol. The minimum Gasteiger partial charge on any atom is -0.376 e. The summed E-state index contributed by atoms with van der Waals surface area (Å²) < 4.78 is 5.65. The summed E-state index contributed by atoms with van der Waals surface area (Å²) in [6.45, 7) is 5.04. The average molecular weight is 364 g/mol. The first kappa shape index (κ1) is 17.7. The molecule has 2 aromatic carbocycles. The first-order chi connectivity index (χ1) is 13.0. The van der Waals surface area contributed by atoms with Crippen LogP contribution in [0.1, 0.15) is 35.1 Å². The molecule has 0 radical (unpaired) electrons. The van der Waals surface area contributed by atoms with Gasteiger partial charge in [-0.25, -0.2) is 4.79 Å². The number of benzene rings is 2. The molecule has 5 heteroatoms. The number of rotatable bonds is 4. The lowest BCUT2D eigenvalue weighted by molar-refractivity contribution is -0.131. The van der Waals surface area contributed by atoms with Gasteiger partial charge in [0.1, 0.15) is 0 Å². The molecule has 0 bridgehead atoms. The number of urea groups is 1. The highest BCUT2D eigenvalue weighted by Crippen LogP contribution is 2.37. The van der Waals surface area contributed by atoms with Gasteiger partial charge in [-0.05, 0) is 48.9 Å². The lowest BCUT2D eigenvalue weighted by Gasteiger charge is -2.29. The number of imide groups is 1. The Bertz CT molecular complexity index is 874. The number of nitrogens with one attached hydrogen (secondary N) is 1. The van der Waals surface area contributed by atoms with E-state index >= 15 is 0 Å². The third kappa shape index (κ3) is 2.92. The second kappa shape index (κ2) is 6.82. The fourth-order valence-corrected chi connectivity index (χ4v) is 3.95. The van der Waals surface area contributed by atoms with Crippen molar-refractivity contribution < 1.29 is 14.3 Å². The molecule has 3 amide bonds. The number of nitrogens with zero attached hydrogens (tertiary/aromatic N) is 1. The maximum Gasteiger partial charge on any atom is 0.325 e. The normalized spacial score (nSPS) is 25.1. The Kier molecular flexibility index (Phi) is 4.48. The van der Waals surface area contributed by atoms with Crippen molar-refractivity contribution in [1.82, 2.24) is 10.2 Å². The van der Waals surface area contributed by atoms with Crippen LogP contribution in [0, 0.1) is 13.8 Å². The maximum absolute atomic E-state index is 13.6. The van der Waals surface area contributed by atoms with Gasteiger partial charge in [-0.1, -0.05) is 48.5 Å². The summed E-state index contributed by atoms with van der Waals surface area (Å²) in [5.74, 6) is -0.238. The zero-order valence-electron chi connectivity index (χ0n) is 15.7. The molecule has 2 aliphatic rings. The molecule has 2 aromatic rings. The molecule has 2 fully saturated rings. The lowest BCUT2D eigenvalue weighted by Crippen LogP contribution is -2.45. The van der Waals surface area contributed by atoms with Crippen LogP contribution in [0.3, 0.4) is 0 Å². The quantitative estimate of drug-likeness (QED) is 0.847. The SMILES string of the molecule is Cc1ccc([C@@]2(c3ccccc3)NC(=O)N(C[C@@H]3CCCO3)C2=O)cc1C. The molecular weight excluding hydrogens is 340 g/mol. The van der Waals surface area contributed by atoms with Crippen molar-refractivity contribution in [2.45, 2.75) is 38.3 Å². The highest BCUT2D eigenvalue weighted by molar-refractivity contribution is 6.09. The van der Waals surface area contributed by atoms with E-state index in [0.717, 1.165) is 35.1 Å². The number of carbonyl (C=O) groups is 2. The Morgan fingerprint density at radius 3 is 2.52 bits per heavy atom. The van der Waals surface area contributed by atoms with Gasteiger partial charge in [0.2, 0.25) is 0 Å². The second-order valence-corrected chi connectivity index (χ2v) is 7.40. The summed E-state index contributed by atoms with van der Waals surface area (Å²) in [6, 6.07) is 15.0. The molecule has 2 heterocycles. The van der Waals surface area contributed by atoms with Crippen LogP contribution in [0.25, 0.3) is 0 Å². The Balaban J connectivity index is 1.80. The van der Waals surface area contributed by atoms with Gasteiger partial charge < -0.3 is 10.1 Å². The van der Waals surface area contributed by atoms with E-state index in [2.05, 4.69) is 5.32 Å². The molecule has 0 saturated carbocycles. The van der Waals surface area contributed by atoms with E-state index in [9.17, 15) is 9.59 Å². The molecule has 27 heavy (non-hydrogen) atoms. The van der Waals surface area contributed by atoms with Gasteiger partial charge in [-0.3, -0.25) is 9.69 Å². The minimum absolute atomic E-state index is 0.0778. The maximum atomic E-state index is 13.6. The topological polar surface area (TPSA) is 58.6 Å². The monoisotopic (exact) mass is 364 g/mol. The Hall–Kier alpha value is -2.66. The van der Waals surface area contributed by atoms with E-state index in [0.29, 0.717) is 13.2 Å². The molecular formula is C22H24N2O3. The third-order valence-corrected chi connectivity index (χ3v) is 5.66. The van der Waals surface area contributed by atoms with Crippen LogP contribution in [0.2, 0.25) is 0 Å². The van der Waals surface area contributed by atoms with E-state index in [4.69, 9.17) is 4.74 Å². The molecule has 2 atom stereocenters. The molecule has 140 valence electrons. The van der Waals surface area contributed by atoms with Gasteiger partial charge >= 0.3 is 6.03 Å². The predicted octanol–water partition coefficient (Wildman–Crippen LogP) is 3.28. The van der Waals surface area contributed by atoms with Crippen molar-refractivity contribution in [2.75, 3.05) is 13.2 Å². The van der Waals surface area contributed by atoms with Crippen molar-refractivity contribution in [1.29, 1.82) is 0 Å². The van der Waals surface area contributed by atoms with Crippen molar-refractivity contribution >= 4 is 11.9 Å². The number of aryl methyl sites for hydroxylation is 2. The molecule has 0 aliphatic carbocycles. The van der Waals surface area contributed by atoms with Gasteiger partial charge in [0.15, 0.2) is 5.54 Å². The molecule has 2 saturated heterocycles. The molecule has 5 nitrogen and oxygen atoms in total. The Labute approximate surface area is 159 Å². The van der Waals surface area contributed by atoms with Gasteiger partial charge in [0, 0.05) is 6.61 Å². The first-order valence-corrected chi connectivity index (χ1v) is 9.41. The van der Waals surface area contributed by atoms with Gasteiger partial charge in [0.05, 0.1) is 12.6 Å². The van der Waals surface area contributed by atoms with E-state index < -0.39 is 5.54 Å². The summed E-state index contributed by atoms with van der Waals surface area (Å²) in [6.07, 6.45) is 1.76. The van der Waals surface area contributed by atoms with Crippen molar-refractivity contribution in [3.8, 4) is 0 Å². The van der Waals surface area contributed by atoms with Crippen LogP contribution in [0.5, 0.6) is 0 Å². The Morgan fingerprint density at radius 2 is 1.85 bits per heavy atom. The van der Waals surface area contributed by atoms with Gasteiger partial charge in [-0.15, -0.1) is 0 Å². The smallest absolute Gasteiger partial charge is 0.325 e. The molecule has 0 aromatic heterocycles. The lowest BCUT2D eigenvalue weighted by atomic mass is 9.81. The second-order valence-electron chi connectivity index (χ2n) is 7.40. The molecule has 2 aliphatic heterocycles. The van der Waals surface area contributed by atoms with Crippen molar-refractivity contribution in [3.63, 3.8) is 0 Å². The van der Waals surface area contributed by atoms with E-state index in [1.54, 1.807) is 0 Å². The summed E-state index contributed by atoms with van der Waals surface area (Å²) in [5.41, 5.74) is 2.58. The molecule has 1 N–H and O–H groups in total. The van der Waals surface area contributed by atoms with Gasteiger partial charge in [-0.2, -0.15) is 0 Å². The van der Waals surface area contributed by atoms with E-state index in [1.165, 1.54) is 4.90 Å². The van der Waals surface area contributed by atoms with Crippen molar-refractivity contribution in [2.24, 2.45) is 0 Å². The van der Waals surface area contributed by atoms with Crippen LogP contribution < -0.4 is 5.32 Å². The number of amides is 3. The van der Waals surface area contributed by atoms with Gasteiger partial charge in [0.25, 0.3) is 5.91 Å². The largest absolute Gasteiger partial charge is 0.376 e. The fourth-order valence-electron chi connectivity index (χ4n) is 3.95. The number of carbonyl (C=O) groups excluding carboxylic acids is 2. The third-order valence-electron chi connectivity index (χ3n) is 5.66. The zero-order valence-corrected chi connectivity index (χ0v) is 15.7. The van der Waals surface area contributed by atoms with Crippen LogP contribution in [0.4, 0.5) is 4.79 Å². The first-order valence-electron chi connectivity index (χ1n) is 9.41. The average Bonchev–Trinajstić information content (AvgIpc) is 3.27. The number of hydrogen-bond donors (Lipinski definition) is 1. The number of ether oxygens (including phenoxy) is 1. The van der Waals surface area contributed by atoms with E-state index in [1.807, 2.05) is 62.4 Å². The fraction of sp³-hybridized carbons (Fsp3) is 0.364. The van der Waals surface area contributed by atoms with E-state index in [-0.39, 0.29) is 18.0 Å². The summed E-state index contributed by atoms with van der Waals surface area (Å²) in [7, 11) is 0. The minimum atomic E-state index is -1.20. The Morgan fingerprint density at radius 1 is 1.07 bits per heavy atom. The van der Waals surface area contributed by atoms with Crippen LogP contribution in [-0.2, 0) is 15.1 Å². The summed E-state index contributed by atoms with van der Waals surface area (Å²) in [5, 5.41) is 3.00. The standard InChI is InChI=1S/C22H24N2O3/c1-15-10-11-18(13-16(15)2)22(17-7-4-3-5-8-17)20(25)24(21(26)23-22)14-19-9-6-12-27-19/h3-5,7-8,10-11,13,19H,6,9,12,14H2,1-2H3,(H,23,26)/t19-,22+/m0/s1. The van der Waals surface area contributed by atoms with Crippen LogP contribution in [0.15, 0.2) is 48.5 Å². The molecule has 0 spiro atoms. The van der Waals surface area contributed by atoms with Crippen LogP contribution in [-0.4, -0.2) is 36.1 Å². The summed E-state index contributed by atoms with van der Waals surface area (Å²) in [4.78, 5) is 27.8. The number of hydrogen-bond acceptors (Lipinski definition) is 3. The van der Waals surface area contributed by atoms with Crippen molar-refractivity contribution in [3.05, 3.63) is 70.8 Å².